The van der Waals surface area contributed by atoms with Gasteiger partial charge in [-0.2, -0.15) is 0 Å². The van der Waals surface area contributed by atoms with Gasteiger partial charge in [0, 0.05) is 26.6 Å². The number of carbonyl (C=O) groups is 2. The molecule has 5 nitrogen and oxygen atoms in total. The molecule has 0 fully saturated rings. The third-order valence-corrected chi connectivity index (χ3v) is 7.02. The second-order valence-corrected chi connectivity index (χ2v) is 9.45. The van der Waals surface area contributed by atoms with E-state index in [9.17, 15) is 9.59 Å². The Bertz CT molecular complexity index is 1100. The second kappa shape index (κ2) is 13.5. The van der Waals surface area contributed by atoms with Crippen molar-refractivity contribution in [1.82, 2.24) is 10.2 Å². The number of hydrogen-bond donors (Lipinski definition) is 1. The lowest BCUT2D eigenvalue weighted by molar-refractivity contribution is -0.130. The molecule has 0 aromatic heterocycles. The first-order chi connectivity index (χ1) is 17.5. The molecule has 1 atom stereocenters. The van der Waals surface area contributed by atoms with E-state index < -0.39 is 0 Å². The summed E-state index contributed by atoms with van der Waals surface area (Å²) in [5.74, 6) is 0.552. The Hall–Kier alpha value is -3.60. The van der Waals surface area contributed by atoms with Crippen LogP contribution in [0.3, 0.4) is 0 Å². The Labute approximate surface area is 215 Å². The van der Waals surface area contributed by atoms with Crippen molar-refractivity contribution in [2.75, 3.05) is 27.2 Å². The highest BCUT2D eigenvalue weighted by Gasteiger charge is 2.30. The molecule has 190 valence electrons. The van der Waals surface area contributed by atoms with Crippen LogP contribution in [0.1, 0.15) is 47.7 Å². The van der Waals surface area contributed by atoms with Crippen LogP contribution in [0, 0.1) is 5.41 Å². The summed E-state index contributed by atoms with van der Waals surface area (Å²) in [6.07, 6.45) is 3.71. The van der Waals surface area contributed by atoms with Gasteiger partial charge in [0.15, 0.2) is 0 Å². The summed E-state index contributed by atoms with van der Waals surface area (Å²) in [7, 11) is 3.45. The maximum atomic E-state index is 13.1. The first-order valence-corrected chi connectivity index (χ1v) is 12.7. The molecule has 3 aromatic rings. The minimum Gasteiger partial charge on any atom is -0.496 e. The fourth-order valence-corrected chi connectivity index (χ4v) is 4.51. The van der Waals surface area contributed by atoms with Crippen molar-refractivity contribution >= 4 is 11.8 Å². The number of methoxy groups -OCH3 is 1. The quantitative estimate of drug-likeness (QED) is 0.345. The Morgan fingerprint density at radius 1 is 0.889 bits per heavy atom. The molecule has 0 aliphatic rings. The van der Waals surface area contributed by atoms with Crippen molar-refractivity contribution in [3.8, 4) is 5.75 Å². The summed E-state index contributed by atoms with van der Waals surface area (Å²) < 4.78 is 5.38. The highest BCUT2D eigenvalue weighted by atomic mass is 16.5. The van der Waals surface area contributed by atoms with Gasteiger partial charge in [0.1, 0.15) is 5.75 Å². The number of hydrogen-bond acceptors (Lipinski definition) is 3. The third-order valence-electron chi connectivity index (χ3n) is 7.02. The molecule has 0 saturated heterocycles. The largest absolute Gasteiger partial charge is 0.496 e. The molecule has 3 rings (SSSR count). The average Bonchev–Trinajstić information content (AvgIpc) is 2.94. The van der Waals surface area contributed by atoms with Gasteiger partial charge in [0.2, 0.25) is 5.91 Å². The number of benzene rings is 3. The second-order valence-electron chi connectivity index (χ2n) is 9.45. The number of nitrogens with zero attached hydrogens (tertiary/aromatic N) is 1. The zero-order chi connectivity index (χ0) is 25.8. The van der Waals surface area contributed by atoms with Gasteiger partial charge in [-0.3, -0.25) is 9.59 Å². The smallest absolute Gasteiger partial charge is 0.255 e. The van der Waals surface area contributed by atoms with E-state index in [-0.39, 0.29) is 17.2 Å². The van der Waals surface area contributed by atoms with E-state index >= 15 is 0 Å². The van der Waals surface area contributed by atoms with Crippen LogP contribution in [-0.4, -0.2) is 44.0 Å². The topological polar surface area (TPSA) is 58.6 Å². The summed E-state index contributed by atoms with van der Waals surface area (Å²) in [5, 5.41) is 3.16. The Morgan fingerprint density at radius 2 is 1.50 bits per heavy atom. The fourth-order valence-electron chi connectivity index (χ4n) is 4.51. The predicted octanol–water partition coefficient (Wildman–Crippen LogP) is 5.55. The SMILES string of the molecule is CCC(CCN(C)C(=O)CCc1ccccc1)(CNC(=O)c1ccccc1OC)Cc1ccccc1. The molecule has 1 unspecified atom stereocenters. The van der Waals surface area contributed by atoms with Gasteiger partial charge in [-0.05, 0) is 54.4 Å². The van der Waals surface area contributed by atoms with Gasteiger partial charge in [-0.15, -0.1) is 0 Å². The maximum Gasteiger partial charge on any atom is 0.255 e. The lowest BCUT2D eigenvalue weighted by atomic mass is 9.76. The van der Waals surface area contributed by atoms with E-state index in [1.54, 1.807) is 19.2 Å². The number of amides is 2. The number of para-hydroxylation sites is 1. The molecule has 0 radical (unpaired) electrons. The van der Waals surface area contributed by atoms with Crippen molar-refractivity contribution in [2.24, 2.45) is 5.41 Å². The molecule has 0 heterocycles. The molecular weight excluding hydrogens is 448 g/mol. The Kier molecular flexibility index (Phi) is 10.1. The molecule has 36 heavy (non-hydrogen) atoms. The van der Waals surface area contributed by atoms with Crippen LogP contribution in [0.5, 0.6) is 5.75 Å². The normalized spacial score (nSPS) is 12.4. The molecule has 1 N–H and O–H groups in total. The molecule has 5 heteroatoms. The van der Waals surface area contributed by atoms with E-state index in [4.69, 9.17) is 4.74 Å². The highest BCUT2D eigenvalue weighted by molar-refractivity contribution is 5.96. The molecule has 0 aliphatic heterocycles. The molecule has 0 spiro atoms. The van der Waals surface area contributed by atoms with Crippen molar-refractivity contribution in [2.45, 2.75) is 39.0 Å². The van der Waals surface area contributed by atoms with Crippen LogP contribution >= 0.6 is 0 Å². The van der Waals surface area contributed by atoms with E-state index in [0.29, 0.717) is 30.8 Å². The Morgan fingerprint density at radius 3 is 2.14 bits per heavy atom. The minimum atomic E-state index is -0.188. The molecule has 0 bridgehead atoms. The lowest BCUT2D eigenvalue weighted by Crippen LogP contribution is -2.41. The van der Waals surface area contributed by atoms with Crippen LogP contribution in [0.15, 0.2) is 84.9 Å². The molecule has 0 saturated carbocycles. The van der Waals surface area contributed by atoms with Crippen molar-refractivity contribution in [3.63, 3.8) is 0 Å². The minimum absolute atomic E-state index is 0.140. The van der Waals surface area contributed by atoms with E-state index in [1.807, 2.05) is 60.5 Å². The van der Waals surface area contributed by atoms with Crippen molar-refractivity contribution in [1.29, 1.82) is 0 Å². The highest BCUT2D eigenvalue weighted by Crippen LogP contribution is 2.31. The first kappa shape index (κ1) is 27.0. The van der Waals surface area contributed by atoms with Gasteiger partial charge in [0.05, 0.1) is 12.7 Å². The number of carbonyl (C=O) groups excluding carboxylic acids is 2. The van der Waals surface area contributed by atoms with Gasteiger partial charge >= 0.3 is 0 Å². The standard InChI is InChI=1S/C31H38N2O3/c1-4-31(23-26-15-9-6-10-16-26,24-32-30(35)27-17-11-12-18-28(27)36-3)21-22-33(2)29(34)20-19-25-13-7-5-8-14-25/h5-18H,4,19-24H2,1-3H3,(H,32,35). The average molecular weight is 487 g/mol. The van der Waals surface area contributed by atoms with Crippen molar-refractivity contribution in [3.05, 3.63) is 102 Å². The molecule has 0 aliphatic carbocycles. The Balaban J connectivity index is 1.68. The number of rotatable bonds is 13. The van der Waals surface area contributed by atoms with Gasteiger partial charge in [-0.1, -0.05) is 79.7 Å². The van der Waals surface area contributed by atoms with E-state index in [1.165, 1.54) is 11.1 Å². The molecular formula is C31H38N2O3. The van der Waals surface area contributed by atoms with Crippen LogP contribution in [0.4, 0.5) is 0 Å². The van der Waals surface area contributed by atoms with Gasteiger partial charge < -0.3 is 15.0 Å². The number of ether oxygens (including phenoxy) is 1. The molecule has 3 aromatic carbocycles. The van der Waals surface area contributed by atoms with Crippen LogP contribution in [-0.2, 0) is 17.6 Å². The monoisotopic (exact) mass is 486 g/mol. The third kappa shape index (κ3) is 7.70. The fraction of sp³-hybridized carbons (Fsp3) is 0.355. The predicted molar refractivity (Wildman–Crippen MR) is 145 cm³/mol. The van der Waals surface area contributed by atoms with Gasteiger partial charge in [0.25, 0.3) is 5.91 Å². The van der Waals surface area contributed by atoms with Crippen molar-refractivity contribution < 1.29 is 14.3 Å². The summed E-state index contributed by atoms with van der Waals surface area (Å²) in [6.45, 7) is 3.32. The van der Waals surface area contributed by atoms with Crippen LogP contribution in [0.2, 0.25) is 0 Å². The summed E-state index contributed by atoms with van der Waals surface area (Å²) >= 11 is 0. The van der Waals surface area contributed by atoms with Crippen LogP contribution < -0.4 is 10.1 Å². The summed E-state index contributed by atoms with van der Waals surface area (Å²) in [6, 6.07) is 27.7. The van der Waals surface area contributed by atoms with Gasteiger partial charge in [-0.25, -0.2) is 0 Å². The van der Waals surface area contributed by atoms with Crippen LogP contribution in [0.25, 0.3) is 0 Å². The zero-order valence-electron chi connectivity index (χ0n) is 21.7. The molecule has 2 amide bonds. The zero-order valence-corrected chi connectivity index (χ0v) is 21.7. The first-order valence-electron chi connectivity index (χ1n) is 12.7. The summed E-state index contributed by atoms with van der Waals surface area (Å²) in [4.78, 5) is 27.7. The maximum absolute atomic E-state index is 13.1. The van der Waals surface area contributed by atoms with E-state index in [0.717, 1.165) is 25.7 Å². The van der Waals surface area contributed by atoms with E-state index in [2.05, 4.69) is 36.5 Å². The lowest BCUT2D eigenvalue weighted by Gasteiger charge is -2.35. The summed E-state index contributed by atoms with van der Waals surface area (Å²) in [5.41, 5.74) is 2.74. The number of aryl methyl sites for hydroxylation is 1. The number of nitrogens with one attached hydrogen (secondary N) is 1.